The molecule has 0 aromatic heterocycles. The van der Waals surface area contributed by atoms with Gasteiger partial charge in [-0.25, -0.2) is 0 Å². The van der Waals surface area contributed by atoms with Gasteiger partial charge in [0.05, 0.1) is 12.5 Å². The van der Waals surface area contributed by atoms with Crippen LogP contribution >= 0.6 is 0 Å². The monoisotopic (exact) mass is 311 g/mol. The normalized spacial score (nSPS) is 24.4. The van der Waals surface area contributed by atoms with Gasteiger partial charge in [-0.15, -0.1) is 0 Å². The highest BCUT2D eigenvalue weighted by molar-refractivity contribution is 5.80. The Morgan fingerprint density at radius 1 is 1.33 bits per heavy atom. The lowest BCUT2D eigenvalue weighted by Gasteiger charge is -2.27. The molecule has 5 nitrogen and oxygen atoms in total. The third-order valence-electron chi connectivity index (χ3n) is 3.42. The maximum Gasteiger partial charge on any atom is 0.411 e. The molecule has 122 valence electrons. The highest BCUT2D eigenvalue weighted by Crippen LogP contribution is 2.29. The van der Waals surface area contributed by atoms with Gasteiger partial charge in [0.25, 0.3) is 0 Å². The van der Waals surface area contributed by atoms with Crippen LogP contribution in [0.15, 0.2) is 0 Å². The summed E-state index contributed by atoms with van der Waals surface area (Å²) in [5, 5.41) is 11.5. The number of halogens is 3. The molecule has 0 spiro atoms. The smallest absolute Gasteiger partial charge is 0.411 e. The quantitative estimate of drug-likeness (QED) is 0.786. The molecule has 0 aromatic carbocycles. The van der Waals surface area contributed by atoms with Gasteiger partial charge in [0, 0.05) is 12.0 Å². The summed E-state index contributed by atoms with van der Waals surface area (Å²) in [5.74, 6) is -2.14. The number of carbonyl (C=O) groups excluding carboxylic acids is 1. The number of rotatable bonds is 6. The summed E-state index contributed by atoms with van der Waals surface area (Å²) in [6, 6.07) is -0.551. The Labute approximate surface area is 120 Å². The van der Waals surface area contributed by atoms with Crippen molar-refractivity contribution in [1.29, 1.82) is 0 Å². The van der Waals surface area contributed by atoms with E-state index in [1.807, 2.05) is 0 Å². The standard InChI is InChI=1S/C13H20F3NO4/c1-8(6-21-7-13(14,15)16)17-11(18)9-3-2-4-10(5-9)12(19)20/h8-10H,2-7H2,1H3,(H,17,18)(H,19,20). The van der Waals surface area contributed by atoms with Crippen LogP contribution in [0, 0.1) is 11.8 Å². The maximum atomic E-state index is 12.0. The molecule has 21 heavy (non-hydrogen) atoms. The average Bonchev–Trinajstić information content (AvgIpc) is 2.37. The van der Waals surface area contributed by atoms with Gasteiger partial charge in [0.2, 0.25) is 5.91 Å². The Kier molecular flexibility index (Phi) is 6.44. The average molecular weight is 311 g/mol. The Hall–Kier alpha value is -1.31. The van der Waals surface area contributed by atoms with Crippen LogP contribution in [-0.4, -0.2) is 42.4 Å². The number of ether oxygens (including phenoxy) is 1. The first-order valence-corrected chi connectivity index (χ1v) is 6.86. The van der Waals surface area contributed by atoms with Crippen LogP contribution in [-0.2, 0) is 14.3 Å². The molecule has 0 bridgehead atoms. The van der Waals surface area contributed by atoms with Gasteiger partial charge in [0.1, 0.15) is 6.61 Å². The van der Waals surface area contributed by atoms with Crippen molar-refractivity contribution < 1.29 is 32.6 Å². The second-order valence-corrected chi connectivity index (χ2v) is 5.44. The van der Waals surface area contributed by atoms with Crippen molar-refractivity contribution in [3.63, 3.8) is 0 Å². The number of nitrogens with one attached hydrogen (secondary N) is 1. The summed E-state index contributed by atoms with van der Waals surface area (Å²) in [4.78, 5) is 22.9. The van der Waals surface area contributed by atoms with E-state index in [9.17, 15) is 22.8 Å². The number of hydrogen-bond donors (Lipinski definition) is 2. The van der Waals surface area contributed by atoms with Gasteiger partial charge in [-0.3, -0.25) is 9.59 Å². The van der Waals surface area contributed by atoms with E-state index >= 15 is 0 Å². The minimum atomic E-state index is -4.39. The number of carbonyl (C=O) groups is 2. The summed E-state index contributed by atoms with van der Waals surface area (Å²) >= 11 is 0. The minimum Gasteiger partial charge on any atom is -0.481 e. The molecule has 1 saturated carbocycles. The summed E-state index contributed by atoms with van der Waals surface area (Å²) in [6.07, 6.45) is -2.29. The third kappa shape index (κ3) is 6.79. The SMILES string of the molecule is CC(COCC(F)(F)F)NC(=O)C1CCCC(C(=O)O)C1. The molecule has 8 heteroatoms. The highest BCUT2D eigenvalue weighted by Gasteiger charge is 2.32. The zero-order valence-electron chi connectivity index (χ0n) is 11.8. The second-order valence-electron chi connectivity index (χ2n) is 5.44. The first-order chi connectivity index (χ1) is 9.69. The van der Waals surface area contributed by atoms with Crippen LogP contribution in [0.2, 0.25) is 0 Å². The van der Waals surface area contributed by atoms with Crippen LogP contribution in [0.5, 0.6) is 0 Å². The molecule has 1 rings (SSSR count). The third-order valence-corrected chi connectivity index (χ3v) is 3.42. The van der Waals surface area contributed by atoms with Crippen LogP contribution in [0.25, 0.3) is 0 Å². The van der Waals surface area contributed by atoms with E-state index in [4.69, 9.17) is 5.11 Å². The zero-order chi connectivity index (χ0) is 16.0. The van der Waals surface area contributed by atoms with Crippen molar-refractivity contribution in [1.82, 2.24) is 5.32 Å². The number of amides is 1. The van der Waals surface area contributed by atoms with Crippen molar-refractivity contribution in [3.8, 4) is 0 Å². The van der Waals surface area contributed by atoms with E-state index in [1.54, 1.807) is 6.92 Å². The van der Waals surface area contributed by atoms with Gasteiger partial charge in [-0.05, 0) is 26.2 Å². The van der Waals surface area contributed by atoms with Crippen LogP contribution in [0.3, 0.4) is 0 Å². The van der Waals surface area contributed by atoms with Gasteiger partial charge >= 0.3 is 12.1 Å². The first kappa shape index (κ1) is 17.7. The fourth-order valence-electron chi connectivity index (χ4n) is 2.41. The lowest BCUT2D eigenvalue weighted by atomic mass is 9.81. The molecule has 1 amide bonds. The molecular formula is C13H20F3NO4. The van der Waals surface area contributed by atoms with E-state index in [-0.39, 0.29) is 18.9 Å². The molecule has 0 saturated heterocycles. The Balaban J connectivity index is 2.33. The van der Waals surface area contributed by atoms with Crippen molar-refractivity contribution in [2.75, 3.05) is 13.2 Å². The van der Waals surface area contributed by atoms with Gasteiger partial charge in [-0.2, -0.15) is 13.2 Å². The topological polar surface area (TPSA) is 75.6 Å². The van der Waals surface area contributed by atoms with E-state index in [1.165, 1.54) is 0 Å². The number of alkyl halides is 3. The van der Waals surface area contributed by atoms with E-state index in [0.717, 1.165) is 0 Å². The van der Waals surface area contributed by atoms with Crippen LogP contribution in [0.4, 0.5) is 13.2 Å². The second kappa shape index (κ2) is 7.63. The Morgan fingerprint density at radius 2 is 1.95 bits per heavy atom. The van der Waals surface area contributed by atoms with Gasteiger partial charge < -0.3 is 15.2 Å². The number of carboxylic acids is 1. The van der Waals surface area contributed by atoms with E-state index in [2.05, 4.69) is 10.1 Å². The molecule has 3 unspecified atom stereocenters. The lowest BCUT2D eigenvalue weighted by Crippen LogP contribution is -2.42. The van der Waals surface area contributed by atoms with Crippen molar-refractivity contribution >= 4 is 11.9 Å². The zero-order valence-corrected chi connectivity index (χ0v) is 11.8. The number of hydrogen-bond acceptors (Lipinski definition) is 3. The summed E-state index contributed by atoms with van der Waals surface area (Å²) < 4.78 is 40.2. The molecule has 1 aliphatic carbocycles. The molecular weight excluding hydrogens is 291 g/mol. The molecule has 0 radical (unpaired) electrons. The fraction of sp³-hybridized carbons (Fsp3) is 0.846. The van der Waals surface area contributed by atoms with Crippen molar-refractivity contribution in [2.24, 2.45) is 11.8 Å². The summed E-state index contributed by atoms with van der Waals surface area (Å²) in [5.41, 5.74) is 0. The van der Waals surface area contributed by atoms with E-state index in [0.29, 0.717) is 19.3 Å². The van der Waals surface area contributed by atoms with Gasteiger partial charge in [0.15, 0.2) is 0 Å². The minimum absolute atomic E-state index is 0.236. The Bertz CT molecular complexity index is 373. The maximum absolute atomic E-state index is 12.0. The van der Waals surface area contributed by atoms with E-state index < -0.39 is 36.6 Å². The first-order valence-electron chi connectivity index (χ1n) is 6.86. The molecule has 3 atom stereocenters. The summed E-state index contributed by atoms with van der Waals surface area (Å²) in [6.45, 7) is -0.0379. The number of carboxylic acid groups (broad SMARTS) is 1. The summed E-state index contributed by atoms with van der Waals surface area (Å²) in [7, 11) is 0. The fourth-order valence-corrected chi connectivity index (χ4v) is 2.41. The molecule has 0 aromatic rings. The van der Waals surface area contributed by atoms with Crippen molar-refractivity contribution in [3.05, 3.63) is 0 Å². The molecule has 0 aliphatic heterocycles. The Morgan fingerprint density at radius 3 is 2.52 bits per heavy atom. The lowest BCUT2D eigenvalue weighted by molar-refractivity contribution is -0.175. The molecule has 1 aliphatic rings. The van der Waals surface area contributed by atoms with Crippen LogP contribution in [0.1, 0.15) is 32.6 Å². The van der Waals surface area contributed by atoms with Gasteiger partial charge in [-0.1, -0.05) is 6.42 Å². The molecule has 2 N–H and O–H groups in total. The highest BCUT2D eigenvalue weighted by atomic mass is 19.4. The number of aliphatic carboxylic acids is 1. The predicted molar refractivity (Wildman–Crippen MR) is 67.6 cm³/mol. The predicted octanol–water partition coefficient (Wildman–Crippen LogP) is 1.96. The van der Waals surface area contributed by atoms with Crippen LogP contribution < -0.4 is 5.32 Å². The largest absolute Gasteiger partial charge is 0.481 e. The molecule has 0 heterocycles. The molecule has 1 fully saturated rings. The van der Waals surface area contributed by atoms with Crippen molar-refractivity contribution in [2.45, 2.75) is 44.8 Å².